The molecule has 0 atom stereocenters. The quantitative estimate of drug-likeness (QED) is 0.514. The smallest absolute Gasteiger partial charge is 0.262 e. The van der Waals surface area contributed by atoms with Gasteiger partial charge in [-0.1, -0.05) is 17.7 Å². The SMILES string of the molecule is COc1cc(OC)c(NS(=O)(=O)c2ccc(C)c(C(=O)NCc3cnn(C)c3)c2)cc1Cl. The minimum Gasteiger partial charge on any atom is -0.495 e. The Bertz CT molecular complexity index is 1260. The third kappa shape index (κ3) is 5.14. The summed E-state index contributed by atoms with van der Waals surface area (Å²) < 4.78 is 40.5. The molecule has 0 bridgehead atoms. The molecule has 0 radical (unpaired) electrons. The van der Waals surface area contributed by atoms with E-state index in [1.165, 1.54) is 38.5 Å². The normalized spacial score (nSPS) is 11.2. The van der Waals surface area contributed by atoms with Gasteiger partial charge in [0.2, 0.25) is 0 Å². The average molecular weight is 479 g/mol. The second-order valence-corrected chi connectivity index (χ2v) is 9.06. The molecule has 0 fully saturated rings. The molecule has 1 aromatic heterocycles. The van der Waals surface area contributed by atoms with Crippen molar-refractivity contribution in [3.63, 3.8) is 0 Å². The van der Waals surface area contributed by atoms with Crippen molar-refractivity contribution >= 4 is 33.2 Å². The lowest BCUT2D eigenvalue weighted by atomic mass is 10.1. The van der Waals surface area contributed by atoms with Crippen LogP contribution in [0.25, 0.3) is 0 Å². The number of anilines is 1. The number of aromatic nitrogens is 2. The first-order valence-electron chi connectivity index (χ1n) is 9.45. The van der Waals surface area contributed by atoms with E-state index in [9.17, 15) is 13.2 Å². The van der Waals surface area contributed by atoms with Crippen molar-refractivity contribution in [2.75, 3.05) is 18.9 Å². The number of amides is 1. The van der Waals surface area contributed by atoms with Crippen molar-refractivity contribution in [3.05, 3.63) is 64.4 Å². The van der Waals surface area contributed by atoms with E-state index in [1.54, 1.807) is 37.1 Å². The van der Waals surface area contributed by atoms with Crippen LogP contribution in [0.1, 0.15) is 21.5 Å². The van der Waals surface area contributed by atoms with Crippen molar-refractivity contribution in [1.82, 2.24) is 15.1 Å². The van der Waals surface area contributed by atoms with Crippen LogP contribution in [0.15, 0.2) is 47.6 Å². The summed E-state index contributed by atoms with van der Waals surface area (Å²) in [5.74, 6) is 0.180. The van der Waals surface area contributed by atoms with E-state index in [0.29, 0.717) is 11.3 Å². The molecular formula is C21H23ClN4O5S. The second kappa shape index (κ2) is 9.49. The Morgan fingerprint density at radius 3 is 2.50 bits per heavy atom. The highest BCUT2D eigenvalue weighted by molar-refractivity contribution is 7.92. The number of benzene rings is 2. The second-order valence-electron chi connectivity index (χ2n) is 6.97. The maximum Gasteiger partial charge on any atom is 0.262 e. The zero-order valence-electron chi connectivity index (χ0n) is 18.0. The molecule has 0 spiro atoms. The van der Waals surface area contributed by atoms with Gasteiger partial charge in [0.25, 0.3) is 15.9 Å². The first-order chi connectivity index (χ1) is 15.1. The fraction of sp³-hybridized carbons (Fsp3) is 0.238. The number of carbonyl (C=O) groups is 1. The van der Waals surface area contributed by atoms with Crippen LogP contribution in [0.3, 0.4) is 0 Å². The topological polar surface area (TPSA) is 112 Å². The summed E-state index contributed by atoms with van der Waals surface area (Å²) in [7, 11) is 0.580. The number of ether oxygens (including phenoxy) is 2. The predicted octanol–water partition coefficient (Wildman–Crippen LogP) is 3.13. The number of hydrogen-bond acceptors (Lipinski definition) is 6. The van der Waals surface area contributed by atoms with Gasteiger partial charge >= 0.3 is 0 Å². The van der Waals surface area contributed by atoms with E-state index in [-0.39, 0.29) is 33.5 Å². The third-order valence-corrected chi connectivity index (χ3v) is 6.35. The van der Waals surface area contributed by atoms with E-state index in [2.05, 4.69) is 15.1 Å². The number of sulfonamides is 1. The number of carbonyl (C=O) groups excluding carboxylic acids is 1. The fourth-order valence-electron chi connectivity index (χ4n) is 3.00. The molecule has 2 N–H and O–H groups in total. The van der Waals surface area contributed by atoms with E-state index < -0.39 is 15.9 Å². The van der Waals surface area contributed by atoms with Crippen LogP contribution in [0.2, 0.25) is 5.02 Å². The maximum absolute atomic E-state index is 13.0. The van der Waals surface area contributed by atoms with Gasteiger partial charge in [-0.25, -0.2) is 8.42 Å². The van der Waals surface area contributed by atoms with Gasteiger partial charge in [-0.15, -0.1) is 0 Å². The van der Waals surface area contributed by atoms with E-state index in [4.69, 9.17) is 21.1 Å². The molecule has 9 nitrogen and oxygen atoms in total. The molecule has 0 saturated carbocycles. The molecule has 0 aliphatic rings. The van der Waals surface area contributed by atoms with E-state index in [1.807, 2.05) is 0 Å². The lowest BCUT2D eigenvalue weighted by Gasteiger charge is -2.15. The van der Waals surface area contributed by atoms with Gasteiger partial charge in [0.05, 0.1) is 36.0 Å². The van der Waals surface area contributed by atoms with Gasteiger partial charge in [-0.3, -0.25) is 14.2 Å². The first-order valence-corrected chi connectivity index (χ1v) is 11.3. The van der Waals surface area contributed by atoms with Gasteiger partial charge < -0.3 is 14.8 Å². The van der Waals surface area contributed by atoms with E-state index in [0.717, 1.165) is 5.56 Å². The zero-order valence-corrected chi connectivity index (χ0v) is 19.5. The van der Waals surface area contributed by atoms with Crippen molar-refractivity contribution in [2.24, 2.45) is 7.05 Å². The third-order valence-electron chi connectivity index (χ3n) is 4.69. The molecule has 0 aliphatic heterocycles. The van der Waals surface area contributed by atoms with Crippen molar-refractivity contribution in [3.8, 4) is 11.5 Å². The predicted molar refractivity (Wildman–Crippen MR) is 121 cm³/mol. The van der Waals surface area contributed by atoms with Crippen LogP contribution in [0.5, 0.6) is 11.5 Å². The molecule has 3 aromatic rings. The number of halogens is 1. The minimum absolute atomic E-state index is 0.0800. The minimum atomic E-state index is -4.04. The van der Waals surface area contributed by atoms with Crippen LogP contribution in [0, 0.1) is 6.92 Å². The molecule has 1 amide bonds. The van der Waals surface area contributed by atoms with Gasteiger partial charge in [0.15, 0.2) is 0 Å². The summed E-state index contributed by atoms with van der Waals surface area (Å²) in [6.07, 6.45) is 3.43. The highest BCUT2D eigenvalue weighted by Crippen LogP contribution is 2.37. The lowest BCUT2D eigenvalue weighted by molar-refractivity contribution is 0.0950. The Morgan fingerprint density at radius 1 is 1.16 bits per heavy atom. The number of nitrogens with zero attached hydrogens (tertiary/aromatic N) is 2. The Hall–Kier alpha value is -3.24. The van der Waals surface area contributed by atoms with Crippen molar-refractivity contribution < 1.29 is 22.7 Å². The van der Waals surface area contributed by atoms with Crippen LogP contribution in [-0.2, 0) is 23.6 Å². The zero-order chi connectivity index (χ0) is 23.5. The van der Waals surface area contributed by atoms with Crippen molar-refractivity contribution in [2.45, 2.75) is 18.4 Å². The monoisotopic (exact) mass is 478 g/mol. The van der Waals surface area contributed by atoms with Gasteiger partial charge in [-0.2, -0.15) is 5.10 Å². The number of methoxy groups -OCH3 is 2. The van der Waals surface area contributed by atoms with Crippen LogP contribution in [-0.4, -0.2) is 38.3 Å². The molecule has 2 aromatic carbocycles. The summed E-state index contributed by atoms with van der Waals surface area (Å²) in [6.45, 7) is 2.00. The first kappa shape index (κ1) is 23.4. The van der Waals surface area contributed by atoms with Crippen LogP contribution in [0.4, 0.5) is 5.69 Å². The number of aryl methyl sites for hydroxylation is 2. The molecule has 0 unspecified atom stereocenters. The number of rotatable bonds is 8. The summed E-state index contributed by atoms with van der Waals surface area (Å²) in [5.41, 5.74) is 1.85. The largest absolute Gasteiger partial charge is 0.495 e. The average Bonchev–Trinajstić information content (AvgIpc) is 3.17. The molecule has 0 saturated heterocycles. The molecule has 11 heteroatoms. The standard InChI is InChI=1S/C21H23ClN4O5S/c1-13-5-6-15(7-16(13)21(27)23-10-14-11-24-26(2)12-14)32(28,29)25-18-8-17(22)19(30-3)9-20(18)31-4/h5-9,11-12,25H,10H2,1-4H3,(H,23,27). The van der Waals surface area contributed by atoms with Gasteiger partial charge in [0.1, 0.15) is 11.5 Å². The highest BCUT2D eigenvalue weighted by Gasteiger charge is 2.21. The van der Waals surface area contributed by atoms with Gasteiger partial charge in [-0.05, 0) is 30.7 Å². The molecule has 32 heavy (non-hydrogen) atoms. The lowest BCUT2D eigenvalue weighted by Crippen LogP contribution is -2.24. The Balaban J connectivity index is 1.86. The summed E-state index contributed by atoms with van der Waals surface area (Å²) in [5, 5.41) is 7.04. The fourth-order valence-corrected chi connectivity index (χ4v) is 4.33. The Morgan fingerprint density at radius 2 is 1.88 bits per heavy atom. The maximum atomic E-state index is 13.0. The van der Waals surface area contributed by atoms with E-state index >= 15 is 0 Å². The van der Waals surface area contributed by atoms with Crippen LogP contribution >= 0.6 is 11.6 Å². The Kier molecular flexibility index (Phi) is 6.95. The Labute approximate surface area is 191 Å². The molecule has 3 rings (SSSR count). The molecule has 170 valence electrons. The number of nitrogens with one attached hydrogen (secondary N) is 2. The molecule has 0 aliphatic carbocycles. The van der Waals surface area contributed by atoms with Gasteiger partial charge in [0, 0.05) is 37.0 Å². The summed E-state index contributed by atoms with van der Waals surface area (Å²) in [4.78, 5) is 12.6. The molecule has 1 heterocycles. The number of hydrogen-bond donors (Lipinski definition) is 2. The summed E-state index contributed by atoms with van der Waals surface area (Å²) in [6, 6.07) is 7.20. The van der Waals surface area contributed by atoms with Crippen LogP contribution < -0.4 is 19.5 Å². The molecular weight excluding hydrogens is 456 g/mol. The highest BCUT2D eigenvalue weighted by atomic mass is 35.5. The van der Waals surface area contributed by atoms with Crippen molar-refractivity contribution in [1.29, 1.82) is 0 Å². The summed E-state index contributed by atoms with van der Waals surface area (Å²) >= 11 is 6.13.